The minimum absolute atomic E-state index is 0.254. The van der Waals surface area contributed by atoms with Crippen molar-refractivity contribution in [2.24, 2.45) is 0 Å². The highest BCUT2D eigenvalue weighted by atomic mass is 79.9. The molecule has 41 heavy (non-hydrogen) atoms. The molecule has 7 rings (SSSR count). The number of allylic oxidation sites excluding steroid dienone is 3. The molecular formula is C33H20BrN2O2PS2. The van der Waals surface area contributed by atoms with E-state index in [4.69, 9.17) is 0 Å². The maximum Gasteiger partial charge on any atom is 0.279 e. The molecule has 0 N–H and O–H groups in total. The summed E-state index contributed by atoms with van der Waals surface area (Å²) in [4.78, 5) is 36.1. The second kappa shape index (κ2) is 10.6. The molecule has 1 aliphatic heterocycles. The first-order valence-corrected chi connectivity index (χ1v) is 17.0. The SMILES string of the molecule is O=c1nc(C2=CC(Br)=CC(c3nc(=O)c4ccccc4s3)=P2(c2ccccc2)c2ccccc2)sc2ccccc12. The van der Waals surface area contributed by atoms with Gasteiger partial charge in [0.1, 0.15) is 10.0 Å². The standard InChI is InChI=1S/C33H20BrN2O2PS2/c34-21-19-26(32-35-30(37)24-15-7-9-17-28(24)40-32)39(22-11-3-1-4-12-22,23-13-5-2-6-14-23)27(20-21)33-36-31(38)25-16-8-10-18-29(25)41-33/h1-20H. The van der Waals surface area contributed by atoms with Gasteiger partial charge in [0.15, 0.2) is 0 Å². The van der Waals surface area contributed by atoms with Crippen molar-refractivity contribution in [1.82, 2.24) is 9.97 Å². The largest absolute Gasteiger partial charge is 0.279 e. The van der Waals surface area contributed by atoms with E-state index in [1.807, 2.05) is 84.9 Å². The first kappa shape index (κ1) is 26.2. The van der Waals surface area contributed by atoms with Crippen LogP contribution in [0.2, 0.25) is 0 Å². The Hall–Kier alpha value is -3.74. The highest BCUT2D eigenvalue weighted by Crippen LogP contribution is 2.63. The zero-order valence-corrected chi connectivity index (χ0v) is 25.5. The van der Waals surface area contributed by atoms with Crippen LogP contribution < -0.4 is 21.7 Å². The van der Waals surface area contributed by atoms with Crippen molar-refractivity contribution in [3.8, 4) is 0 Å². The van der Waals surface area contributed by atoms with Gasteiger partial charge < -0.3 is 0 Å². The molecule has 0 fully saturated rings. The van der Waals surface area contributed by atoms with Gasteiger partial charge in [-0.3, -0.25) is 9.59 Å². The Morgan fingerprint density at radius 1 is 0.561 bits per heavy atom. The molecule has 0 aliphatic carbocycles. The van der Waals surface area contributed by atoms with Crippen LogP contribution in [0.3, 0.4) is 0 Å². The number of rotatable bonds is 4. The number of hydrogen-bond donors (Lipinski definition) is 0. The molecule has 0 bridgehead atoms. The van der Waals surface area contributed by atoms with Gasteiger partial charge in [-0.2, -0.15) is 9.97 Å². The lowest BCUT2D eigenvalue weighted by atomic mass is 10.3. The topological polar surface area (TPSA) is 59.9 Å². The Morgan fingerprint density at radius 2 is 1.02 bits per heavy atom. The van der Waals surface area contributed by atoms with Crippen molar-refractivity contribution in [2.45, 2.75) is 0 Å². The molecule has 0 spiro atoms. The average molecular weight is 652 g/mol. The van der Waals surface area contributed by atoms with Crippen molar-refractivity contribution >= 4 is 86.9 Å². The third kappa shape index (κ3) is 4.41. The van der Waals surface area contributed by atoms with Crippen molar-refractivity contribution in [3.63, 3.8) is 0 Å². The number of halogens is 1. The maximum atomic E-state index is 13.3. The van der Waals surface area contributed by atoms with E-state index in [0.29, 0.717) is 20.8 Å². The van der Waals surface area contributed by atoms with E-state index in [2.05, 4.69) is 62.3 Å². The number of benzene rings is 4. The van der Waals surface area contributed by atoms with Crippen LogP contribution in [0.5, 0.6) is 0 Å². The zero-order valence-electron chi connectivity index (χ0n) is 21.4. The molecule has 4 aromatic carbocycles. The monoisotopic (exact) mass is 650 g/mol. The van der Waals surface area contributed by atoms with Crippen molar-refractivity contribution < 1.29 is 0 Å². The average Bonchev–Trinajstić information content (AvgIpc) is 3.01. The van der Waals surface area contributed by atoms with Crippen molar-refractivity contribution in [2.75, 3.05) is 0 Å². The van der Waals surface area contributed by atoms with Crippen LogP contribution in [-0.2, 0) is 0 Å². The lowest BCUT2D eigenvalue weighted by Crippen LogP contribution is -2.26. The van der Waals surface area contributed by atoms with Gasteiger partial charge in [0.2, 0.25) is 0 Å². The molecule has 0 saturated heterocycles. The Bertz CT molecular complexity index is 2180. The van der Waals surface area contributed by atoms with E-state index in [1.54, 1.807) is 0 Å². The minimum Gasteiger partial charge on any atom is -0.267 e. The quantitative estimate of drug-likeness (QED) is 0.190. The lowest BCUT2D eigenvalue weighted by molar-refractivity contribution is 1.29. The molecule has 0 saturated carbocycles. The zero-order chi connectivity index (χ0) is 28.0. The van der Waals surface area contributed by atoms with Gasteiger partial charge in [0, 0.05) is 24.5 Å². The van der Waals surface area contributed by atoms with Gasteiger partial charge in [-0.05, 0) is 53.9 Å². The predicted molar refractivity (Wildman–Crippen MR) is 180 cm³/mol. The molecule has 0 radical (unpaired) electrons. The molecule has 6 aromatic rings. The van der Waals surface area contributed by atoms with Crippen molar-refractivity contribution in [3.05, 3.63) is 157 Å². The summed E-state index contributed by atoms with van der Waals surface area (Å²) in [5.74, 6) is 0. The summed E-state index contributed by atoms with van der Waals surface area (Å²) >= 11 is 6.80. The van der Waals surface area contributed by atoms with Crippen LogP contribution in [0.25, 0.3) is 25.5 Å². The third-order valence-corrected chi connectivity index (χ3v) is 14.2. The van der Waals surface area contributed by atoms with E-state index in [0.717, 1.165) is 35.1 Å². The number of nitrogens with zero attached hydrogens (tertiary/aromatic N) is 2. The second-order valence-electron chi connectivity index (χ2n) is 9.43. The molecule has 2 aromatic heterocycles. The van der Waals surface area contributed by atoms with Gasteiger partial charge in [-0.1, -0.05) is 101 Å². The summed E-state index contributed by atoms with van der Waals surface area (Å²) in [7, 11) is 0. The fourth-order valence-corrected chi connectivity index (χ4v) is 13.3. The van der Waals surface area contributed by atoms with Crippen LogP contribution >= 0.6 is 45.5 Å². The molecule has 198 valence electrons. The van der Waals surface area contributed by atoms with E-state index in [-0.39, 0.29) is 11.1 Å². The molecule has 4 nitrogen and oxygen atoms in total. The highest BCUT2D eigenvalue weighted by Gasteiger charge is 2.37. The third-order valence-electron chi connectivity index (χ3n) is 7.05. The van der Waals surface area contributed by atoms with Crippen LogP contribution in [0.4, 0.5) is 0 Å². The van der Waals surface area contributed by atoms with E-state index in [9.17, 15) is 9.59 Å². The fraction of sp³-hybridized carbons (Fsp3) is 0. The van der Waals surface area contributed by atoms with Crippen LogP contribution in [-0.4, -0.2) is 15.3 Å². The molecule has 0 unspecified atom stereocenters. The Kier molecular flexibility index (Phi) is 6.76. The number of fused-ring (bicyclic) bond motifs is 2. The Morgan fingerprint density at radius 3 is 1.59 bits per heavy atom. The fourth-order valence-electron chi connectivity index (χ4n) is 5.29. The molecule has 0 amide bonds. The Balaban J connectivity index is 1.70. The van der Waals surface area contributed by atoms with Gasteiger partial charge in [0.25, 0.3) is 11.1 Å². The van der Waals surface area contributed by atoms with E-state index < -0.39 is 6.89 Å². The maximum absolute atomic E-state index is 13.3. The number of aromatic nitrogens is 2. The first-order chi connectivity index (χ1) is 20.1. The lowest BCUT2D eigenvalue weighted by Gasteiger charge is -2.35. The smallest absolute Gasteiger partial charge is 0.267 e. The first-order valence-electron chi connectivity index (χ1n) is 12.8. The summed E-state index contributed by atoms with van der Waals surface area (Å²) in [5.41, 5.74) is -0.509. The van der Waals surface area contributed by atoms with Gasteiger partial charge in [0.05, 0.1) is 10.8 Å². The van der Waals surface area contributed by atoms with Crippen molar-refractivity contribution in [1.29, 1.82) is 0 Å². The summed E-state index contributed by atoms with van der Waals surface area (Å²) in [5, 5.41) is 6.60. The molecular weight excluding hydrogens is 631 g/mol. The highest BCUT2D eigenvalue weighted by molar-refractivity contribution is 9.12. The van der Waals surface area contributed by atoms with Crippen LogP contribution in [0, 0.1) is 0 Å². The normalized spacial score (nSPS) is 14.6. The summed E-state index contributed by atoms with van der Waals surface area (Å²) in [6.45, 7) is -2.70. The Labute approximate surface area is 252 Å². The predicted octanol–water partition coefficient (Wildman–Crippen LogP) is 7.15. The minimum atomic E-state index is -2.70. The van der Waals surface area contributed by atoms with E-state index >= 15 is 0 Å². The van der Waals surface area contributed by atoms with Gasteiger partial charge >= 0.3 is 0 Å². The molecule has 3 heterocycles. The van der Waals surface area contributed by atoms with Crippen LogP contribution in [0.1, 0.15) is 10.0 Å². The number of hydrogen-bond acceptors (Lipinski definition) is 6. The summed E-state index contributed by atoms with van der Waals surface area (Å²) < 4.78 is 2.58. The van der Waals surface area contributed by atoms with E-state index in [1.165, 1.54) is 22.7 Å². The second-order valence-corrected chi connectivity index (χ2v) is 15.7. The van der Waals surface area contributed by atoms with Gasteiger partial charge in [-0.25, -0.2) is 0 Å². The molecule has 1 aliphatic rings. The summed E-state index contributed by atoms with van der Waals surface area (Å²) in [6, 6.07) is 35.9. The molecule has 0 atom stereocenters. The molecule has 8 heteroatoms. The van der Waals surface area contributed by atoms with Crippen LogP contribution in [0.15, 0.2) is 135 Å². The summed E-state index contributed by atoms with van der Waals surface area (Å²) in [6.07, 6.45) is 4.18. The van der Waals surface area contributed by atoms with Gasteiger partial charge in [-0.15, -0.1) is 22.7 Å².